The van der Waals surface area contributed by atoms with E-state index in [0.717, 1.165) is 59.6 Å². The Balaban J connectivity index is 1.22. The molecule has 1 N–H and O–H groups in total. The third kappa shape index (κ3) is 6.89. The van der Waals surface area contributed by atoms with E-state index >= 15 is 0 Å². The van der Waals surface area contributed by atoms with E-state index < -0.39 is 0 Å². The number of carbonyl (C=O) groups is 1. The van der Waals surface area contributed by atoms with Gasteiger partial charge in [0.25, 0.3) is 0 Å². The van der Waals surface area contributed by atoms with Gasteiger partial charge in [-0.3, -0.25) is 9.69 Å². The van der Waals surface area contributed by atoms with Gasteiger partial charge in [-0.15, -0.1) is 11.8 Å². The fourth-order valence-corrected chi connectivity index (χ4v) is 5.41. The number of likely N-dealkylation sites (N-methyl/N-ethyl adjacent to an activating group) is 1. The molecule has 7 heteroatoms. The Labute approximate surface area is 210 Å². The summed E-state index contributed by atoms with van der Waals surface area (Å²) in [6, 6.07) is 20.4. The van der Waals surface area contributed by atoms with E-state index in [1.54, 1.807) is 0 Å². The maximum absolute atomic E-state index is 12.5. The van der Waals surface area contributed by atoms with Crippen LogP contribution in [0.3, 0.4) is 0 Å². The molecule has 1 aliphatic rings. The van der Waals surface area contributed by atoms with Crippen molar-refractivity contribution in [2.45, 2.75) is 30.3 Å². The van der Waals surface area contributed by atoms with Crippen LogP contribution in [0.25, 0.3) is 10.8 Å². The first-order valence-electron chi connectivity index (χ1n) is 11.7. The van der Waals surface area contributed by atoms with Crippen LogP contribution in [0.4, 0.5) is 0 Å². The summed E-state index contributed by atoms with van der Waals surface area (Å²) in [6.45, 7) is 3.67. The van der Waals surface area contributed by atoms with E-state index in [1.807, 2.05) is 60.7 Å². The zero-order chi connectivity index (χ0) is 23.8. The van der Waals surface area contributed by atoms with Crippen LogP contribution >= 0.6 is 23.4 Å². The minimum atomic E-state index is -0.0153. The normalized spacial score (nSPS) is 14.4. The number of nitrogens with one attached hydrogen (secondary N) is 1. The number of benzene rings is 3. The van der Waals surface area contributed by atoms with Crippen LogP contribution < -0.4 is 10.1 Å². The predicted octanol–water partition coefficient (Wildman–Crippen LogP) is 5.39. The maximum Gasteiger partial charge on any atom is 0.230 e. The molecule has 34 heavy (non-hydrogen) atoms. The molecule has 0 aliphatic carbocycles. The number of rotatable bonds is 10. The third-order valence-corrected chi connectivity index (χ3v) is 7.46. The van der Waals surface area contributed by atoms with Crippen LogP contribution in [0.2, 0.25) is 5.02 Å². The smallest absolute Gasteiger partial charge is 0.230 e. The highest BCUT2D eigenvalue weighted by Gasteiger charge is 2.18. The zero-order valence-corrected chi connectivity index (χ0v) is 21.0. The van der Waals surface area contributed by atoms with Gasteiger partial charge in [0.15, 0.2) is 0 Å². The topological polar surface area (TPSA) is 50.8 Å². The van der Waals surface area contributed by atoms with Gasteiger partial charge in [0.1, 0.15) is 12.4 Å². The molecule has 1 fully saturated rings. The standard InChI is InChI=1S/C27H31ClN2O3S/c1-30(22-11-14-32-15-12-22)13-16-33-23-8-2-5-20(17-23)18-29-26(31)19-34-25-10-4-7-21-6-3-9-24(28)27(21)25/h2-10,17,22H,11-16,18-19H2,1H3,(H,29,31). The highest BCUT2D eigenvalue weighted by molar-refractivity contribution is 8.00. The first-order chi connectivity index (χ1) is 16.6. The molecule has 180 valence electrons. The van der Waals surface area contributed by atoms with Crippen molar-refractivity contribution >= 4 is 40.0 Å². The molecule has 0 spiro atoms. The van der Waals surface area contributed by atoms with E-state index in [4.69, 9.17) is 21.1 Å². The van der Waals surface area contributed by atoms with Gasteiger partial charge >= 0.3 is 0 Å². The Hall–Kier alpha value is -2.25. The van der Waals surface area contributed by atoms with Gasteiger partial charge in [0.2, 0.25) is 5.91 Å². The van der Waals surface area contributed by atoms with E-state index in [1.165, 1.54) is 11.8 Å². The quantitative estimate of drug-likeness (QED) is 0.380. The molecule has 1 heterocycles. The van der Waals surface area contributed by atoms with Crippen molar-refractivity contribution in [2.75, 3.05) is 39.2 Å². The minimum Gasteiger partial charge on any atom is -0.492 e. The van der Waals surface area contributed by atoms with Gasteiger partial charge in [-0.05, 0) is 55.1 Å². The summed E-state index contributed by atoms with van der Waals surface area (Å²) in [7, 11) is 2.15. The van der Waals surface area contributed by atoms with E-state index in [-0.39, 0.29) is 5.91 Å². The molecule has 4 rings (SSSR count). The molecule has 0 saturated carbocycles. The molecular formula is C27H31ClN2O3S. The molecule has 1 aliphatic heterocycles. The number of halogens is 1. The van der Waals surface area contributed by atoms with Crippen LogP contribution in [0, 0.1) is 0 Å². The van der Waals surface area contributed by atoms with Crippen molar-refractivity contribution in [2.24, 2.45) is 0 Å². The highest BCUT2D eigenvalue weighted by Crippen LogP contribution is 2.33. The Morgan fingerprint density at radius 2 is 1.91 bits per heavy atom. The molecule has 0 radical (unpaired) electrons. The second-order valence-corrected chi connectivity index (χ2v) is 9.90. The van der Waals surface area contributed by atoms with Crippen molar-refractivity contribution < 1.29 is 14.3 Å². The van der Waals surface area contributed by atoms with Crippen LogP contribution in [0.1, 0.15) is 18.4 Å². The summed E-state index contributed by atoms with van der Waals surface area (Å²) < 4.78 is 11.4. The molecule has 0 atom stereocenters. The zero-order valence-electron chi connectivity index (χ0n) is 19.5. The molecule has 1 saturated heterocycles. The Morgan fingerprint density at radius 3 is 2.74 bits per heavy atom. The van der Waals surface area contributed by atoms with Crippen LogP contribution in [-0.2, 0) is 16.1 Å². The van der Waals surface area contributed by atoms with Gasteiger partial charge in [0.05, 0.1) is 5.75 Å². The van der Waals surface area contributed by atoms with Crippen LogP contribution in [0.15, 0.2) is 65.6 Å². The fraction of sp³-hybridized carbons (Fsp3) is 0.370. The molecule has 3 aromatic carbocycles. The maximum atomic E-state index is 12.5. The van der Waals surface area contributed by atoms with Crippen molar-refractivity contribution in [3.8, 4) is 5.75 Å². The lowest BCUT2D eigenvalue weighted by Crippen LogP contribution is -2.38. The number of amides is 1. The molecule has 0 bridgehead atoms. The second-order valence-electron chi connectivity index (χ2n) is 8.48. The Bertz CT molecular complexity index is 1100. The van der Waals surface area contributed by atoms with Gasteiger partial charge in [-0.25, -0.2) is 0 Å². The van der Waals surface area contributed by atoms with Gasteiger partial charge in [-0.2, -0.15) is 0 Å². The molecule has 3 aromatic rings. The number of hydrogen-bond acceptors (Lipinski definition) is 5. The summed E-state index contributed by atoms with van der Waals surface area (Å²) in [6.07, 6.45) is 2.16. The number of hydrogen-bond donors (Lipinski definition) is 1. The average Bonchev–Trinajstić information content (AvgIpc) is 2.87. The van der Waals surface area contributed by atoms with E-state index in [2.05, 4.69) is 17.3 Å². The lowest BCUT2D eigenvalue weighted by atomic mass is 10.1. The first kappa shape index (κ1) is 24.9. The molecule has 0 unspecified atom stereocenters. The molecular weight excluding hydrogens is 468 g/mol. The number of fused-ring (bicyclic) bond motifs is 1. The Morgan fingerprint density at radius 1 is 1.15 bits per heavy atom. The van der Waals surface area contributed by atoms with Crippen molar-refractivity contribution in [3.05, 3.63) is 71.2 Å². The summed E-state index contributed by atoms with van der Waals surface area (Å²) >= 11 is 7.90. The summed E-state index contributed by atoms with van der Waals surface area (Å²) in [5.74, 6) is 1.14. The average molecular weight is 499 g/mol. The van der Waals surface area contributed by atoms with E-state index in [0.29, 0.717) is 30.0 Å². The third-order valence-electron chi connectivity index (χ3n) is 6.09. The van der Waals surface area contributed by atoms with Gasteiger partial charge in [0, 0.05) is 47.6 Å². The molecule has 5 nitrogen and oxygen atoms in total. The van der Waals surface area contributed by atoms with Crippen molar-refractivity contribution in [1.82, 2.24) is 10.2 Å². The van der Waals surface area contributed by atoms with Crippen molar-refractivity contribution in [1.29, 1.82) is 0 Å². The Kier molecular flexibility index (Phi) is 9.11. The SMILES string of the molecule is CN(CCOc1cccc(CNC(=O)CSc2cccc3cccc(Cl)c23)c1)C1CCOCC1. The first-order valence-corrected chi connectivity index (χ1v) is 13.0. The summed E-state index contributed by atoms with van der Waals surface area (Å²) in [5, 5.41) is 5.79. The second kappa shape index (κ2) is 12.5. The minimum absolute atomic E-state index is 0.0153. The predicted molar refractivity (Wildman–Crippen MR) is 140 cm³/mol. The lowest BCUT2D eigenvalue weighted by molar-refractivity contribution is -0.118. The fourth-order valence-electron chi connectivity index (χ4n) is 4.14. The number of thioether (sulfide) groups is 1. The molecule has 0 aromatic heterocycles. The summed E-state index contributed by atoms with van der Waals surface area (Å²) in [4.78, 5) is 15.9. The van der Waals surface area contributed by atoms with Gasteiger partial charge < -0.3 is 14.8 Å². The largest absolute Gasteiger partial charge is 0.492 e. The number of ether oxygens (including phenoxy) is 2. The monoisotopic (exact) mass is 498 g/mol. The van der Waals surface area contributed by atoms with E-state index in [9.17, 15) is 4.79 Å². The number of carbonyl (C=O) groups excluding carboxylic acids is 1. The number of nitrogens with zero attached hydrogens (tertiary/aromatic N) is 1. The van der Waals surface area contributed by atoms with Crippen LogP contribution in [-0.4, -0.2) is 56.0 Å². The van der Waals surface area contributed by atoms with Gasteiger partial charge in [-0.1, -0.05) is 48.0 Å². The van der Waals surface area contributed by atoms with Crippen molar-refractivity contribution in [3.63, 3.8) is 0 Å². The molecule has 1 amide bonds. The summed E-state index contributed by atoms with van der Waals surface area (Å²) in [5.41, 5.74) is 1.02. The lowest BCUT2D eigenvalue weighted by Gasteiger charge is -2.31. The van der Waals surface area contributed by atoms with Crippen LogP contribution in [0.5, 0.6) is 5.75 Å². The highest BCUT2D eigenvalue weighted by atomic mass is 35.5.